The van der Waals surface area contributed by atoms with Gasteiger partial charge in [0, 0.05) is 15.8 Å². The van der Waals surface area contributed by atoms with Gasteiger partial charge in [-0.1, -0.05) is 37.6 Å². The van der Waals surface area contributed by atoms with Crippen LogP contribution in [-0.2, 0) is 17.9 Å². The number of amides is 1. The van der Waals surface area contributed by atoms with Gasteiger partial charge in [0.2, 0.25) is 5.91 Å². The van der Waals surface area contributed by atoms with Crippen LogP contribution < -0.4 is 20.7 Å². The molecule has 0 saturated carbocycles. The fraction of sp³-hybridized carbons (Fsp3) is 0.500. The maximum Gasteiger partial charge on any atom is 0.320 e. The van der Waals surface area contributed by atoms with E-state index < -0.39 is 6.37 Å². The van der Waals surface area contributed by atoms with E-state index in [0.29, 0.717) is 24.5 Å². The number of nitrogen functional groups attached to an aromatic ring is 1. The lowest BCUT2D eigenvalue weighted by Gasteiger charge is -2.30. The number of carbonyl (C=O) groups excluding carboxylic acids is 1. The molecule has 2 aromatic rings. The fourth-order valence-corrected chi connectivity index (χ4v) is 3.80. The zero-order valence-corrected chi connectivity index (χ0v) is 17.4. The molecule has 3 heterocycles. The molecule has 4 rings (SSSR count). The van der Waals surface area contributed by atoms with E-state index in [1.807, 2.05) is 4.90 Å². The molecule has 160 valence electrons. The van der Waals surface area contributed by atoms with Gasteiger partial charge in [-0.2, -0.15) is 9.97 Å². The number of fused-ring (bicyclic) bond motifs is 1. The zero-order chi connectivity index (χ0) is 22.7. The molecule has 0 spiro atoms. The number of nitrogens with two attached hydrogens (primary N) is 1. The number of rotatable bonds is 8. The van der Waals surface area contributed by atoms with Gasteiger partial charge in [0.1, 0.15) is 5.69 Å². The van der Waals surface area contributed by atoms with Crippen molar-refractivity contribution in [1.82, 2.24) is 14.9 Å². The van der Waals surface area contributed by atoms with Crippen molar-refractivity contribution in [2.45, 2.75) is 45.6 Å². The second-order valence-corrected chi connectivity index (χ2v) is 7.69. The Morgan fingerprint density at radius 1 is 1.17 bits per heavy atom. The highest BCUT2D eigenvalue weighted by Crippen LogP contribution is 2.34. The van der Waals surface area contributed by atoms with Crippen molar-refractivity contribution in [3.63, 3.8) is 0 Å². The summed E-state index contributed by atoms with van der Waals surface area (Å²) in [7, 11) is 0. The number of ether oxygens (including phenoxy) is 1. The zero-order valence-electron chi connectivity index (χ0n) is 19.4. The maximum atomic E-state index is 12.3. The predicted octanol–water partition coefficient (Wildman–Crippen LogP) is 2.79. The smallest absolute Gasteiger partial charge is 0.320 e. The van der Waals surface area contributed by atoms with Gasteiger partial charge < -0.3 is 20.7 Å². The largest absolute Gasteiger partial charge is 0.463 e. The predicted molar refractivity (Wildman–Crippen MR) is 117 cm³/mol. The van der Waals surface area contributed by atoms with Crippen molar-refractivity contribution < 1.29 is 12.3 Å². The second kappa shape index (κ2) is 9.30. The van der Waals surface area contributed by atoms with E-state index in [1.165, 1.54) is 18.4 Å². The summed E-state index contributed by atoms with van der Waals surface area (Å²) in [5, 5.41) is 2.74. The fourth-order valence-electron chi connectivity index (χ4n) is 3.80. The Hall–Kier alpha value is -2.87. The first-order valence-electron chi connectivity index (χ1n) is 11.5. The third-order valence-electron chi connectivity index (χ3n) is 5.35. The molecular formula is C22H30N6O2. The molecule has 1 aromatic carbocycles. The molecule has 8 nitrogen and oxygen atoms in total. The number of likely N-dealkylation sites (tertiary alicyclic amines) is 1. The van der Waals surface area contributed by atoms with E-state index in [2.05, 4.69) is 44.5 Å². The summed E-state index contributed by atoms with van der Waals surface area (Å²) in [6.07, 6.45) is 1.37. The minimum atomic E-state index is -1.49. The normalized spacial score (nSPS) is 17.9. The van der Waals surface area contributed by atoms with E-state index in [9.17, 15) is 4.79 Å². The highest BCUT2D eigenvalue weighted by molar-refractivity contribution is 6.03. The Morgan fingerprint density at radius 3 is 2.57 bits per heavy atom. The summed E-state index contributed by atoms with van der Waals surface area (Å²) < 4.78 is 21.2. The number of hydrogen-bond donors (Lipinski definition) is 2. The number of aromatic nitrogens is 2. The summed E-state index contributed by atoms with van der Waals surface area (Å²) >= 11 is 0. The number of nitrogens with one attached hydrogen (secondary N) is 1. The Kier molecular flexibility index (Phi) is 5.56. The molecule has 1 amide bonds. The number of carbonyl (C=O) groups is 1. The first kappa shape index (κ1) is 17.9. The van der Waals surface area contributed by atoms with Crippen LogP contribution in [0.1, 0.15) is 46.4 Å². The molecule has 1 saturated heterocycles. The van der Waals surface area contributed by atoms with Crippen molar-refractivity contribution in [2.75, 3.05) is 42.2 Å². The van der Waals surface area contributed by atoms with Gasteiger partial charge in [-0.25, -0.2) is 0 Å². The first-order valence-corrected chi connectivity index (χ1v) is 10.5. The van der Waals surface area contributed by atoms with Crippen LogP contribution in [0.15, 0.2) is 24.3 Å². The van der Waals surface area contributed by atoms with Crippen LogP contribution in [0.4, 0.5) is 17.3 Å². The van der Waals surface area contributed by atoms with Crippen LogP contribution in [0, 0.1) is 0 Å². The highest BCUT2D eigenvalue weighted by atomic mass is 16.5. The first-order chi connectivity index (χ1) is 15.3. The minimum Gasteiger partial charge on any atom is -0.463 e. The van der Waals surface area contributed by atoms with Gasteiger partial charge in [-0.3, -0.25) is 9.69 Å². The number of hydrogen-bond acceptors (Lipinski definition) is 7. The SMILES string of the molecule is [2H]C([2H])(CC)COc1nc(N)c2c(n1)N(Cc1ccc(CN3CCCC3)cc1)CC(=O)N2. The molecule has 30 heavy (non-hydrogen) atoms. The lowest BCUT2D eigenvalue weighted by atomic mass is 10.1. The van der Waals surface area contributed by atoms with Crippen LogP contribution >= 0.6 is 0 Å². The molecule has 2 aliphatic rings. The van der Waals surface area contributed by atoms with E-state index in [4.69, 9.17) is 13.2 Å². The van der Waals surface area contributed by atoms with Gasteiger partial charge in [0.25, 0.3) is 0 Å². The molecule has 0 unspecified atom stereocenters. The third kappa shape index (κ3) is 4.81. The average molecular weight is 413 g/mol. The van der Waals surface area contributed by atoms with Crippen molar-refractivity contribution in [1.29, 1.82) is 0 Å². The van der Waals surface area contributed by atoms with Crippen LogP contribution in [0.2, 0.25) is 0 Å². The summed E-state index contributed by atoms with van der Waals surface area (Å²) in [5.41, 5.74) is 8.75. The molecule has 0 bridgehead atoms. The minimum absolute atomic E-state index is 0.000634. The number of benzene rings is 1. The number of nitrogens with zero attached hydrogens (tertiary/aromatic N) is 4. The third-order valence-corrected chi connectivity index (χ3v) is 5.35. The molecule has 8 heteroatoms. The van der Waals surface area contributed by atoms with Crippen LogP contribution in [-0.4, -0.2) is 47.0 Å². The monoisotopic (exact) mass is 412 g/mol. The Morgan fingerprint density at radius 2 is 1.87 bits per heavy atom. The van der Waals surface area contributed by atoms with Gasteiger partial charge in [-0.15, -0.1) is 0 Å². The summed E-state index contributed by atoms with van der Waals surface area (Å²) in [6.45, 7) is 5.47. The maximum absolute atomic E-state index is 12.3. The van der Waals surface area contributed by atoms with E-state index in [0.717, 1.165) is 25.2 Å². The molecule has 3 N–H and O–H groups in total. The van der Waals surface area contributed by atoms with Gasteiger partial charge in [-0.05, 0) is 43.4 Å². The van der Waals surface area contributed by atoms with E-state index in [1.54, 1.807) is 6.92 Å². The Balaban J connectivity index is 1.50. The average Bonchev–Trinajstić information content (AvgIpc) is 3.27. The van der Waals surface area contributed by atoms with E-state index >= 15 is 0 Å². The number of anilines is 3. The van der Waals surface area contributed by atoms with Gasteiger partial charge in [0.05, 0.1) is 13.2 Å². The standard InChI is InChI=1S/C22H30N6O2/c1-2-3-12-30-22-25-20(23)19-21(26-22)28(15-18(29)24-19)14-17-8-6-16(7-9-17)13-27-10-4-5-11-27/h6-9H,2-5,10-15H2,1H3,(H,24,29)(H2,23,25,26)/i3D2. The van der Waals surface area contributed by atoms with Crippen LogP contribution in [0.5, 0.6) is 6.01 Å². The molecule has 0 radical (unpaired) electrons. The van der Waals surface area contributed by atoms with Crippen molar-refractivity contribution in [3.05, 3.63) is 35.4 Å². The highest BCUT2D eigenvalue weighted by Gasteiger charge is 2.27. The molecule has 1 fully saturated rings. The van der Waals surface area contributed by atoms with Crippen molar-refractivity contribution in [3.8, 4) is 6.01 Å². The second-order valence-electron chi connectivity index (χ2n) is 7.69. The van der Waals surface area contributed by atoms with Gasteiger partial charge in [0.15, 0.2) is 11.6 Å². The summed E-state index contributed by atoms with van der Waals surface area (Å²) in [4.78, 5) is 25.1. The van der Waals surface area contributed by atoms with Crippen LogP contribution in [0.3, 0.4) is 0 Å². The molecule has 2 aliphatic heterocycles. The quantitative estimate of drug-likeness (QED) is 0.688. The molecule has 0 aliphatic carbocycles. The van der Waals surface area contributed by atoms with E-state index in [-0.39, 0.29) is 30.9 Å². The Bertz CT molecular complexity index is 964. The van der Waals surface area contributed by atoms with Crippen molar-refractivity contribution in [2.24, 2.45) is 0 Å². The summed E-state index contributed by atoms with van der Waals surface area (Å²) in [5.74, 6) is 0.390. The Labute approximate surface area is 180 Å². The molecule has 0 atom stereocenters. The lowest BCUT2D eigenvalue weighted by Crippen LogP contribution is -2.39. The van der Waals surface area contributed by atoms with Gasteiger partial charge >= 0.3 is 6.01 Å². The van der Waals surface area contributed by atoms with Crippen molar-refractivity contribution >= 4 is 23.2 Å². The summed E-state index contributed by atoms with van der Waals surface area (Å²) in [6, 6.07) is 8.42. The topological polar surface area (TPSA) is 96.6 Å². The lowest BCUT2D eigenvalue weighted by molar-refractivity contribution is -0.115. The molecule has 1 aromatic heterocycles. The van der Waals surface area contributed by atoms with Crippen LogP contribution in [0.25, 0.3) is 0 Å². The molecular weight excluding hydrogens is 380 g/mol.